The number of hydrogen-bond donors (Lipinski definition) is 1. The number of halogens is 3. The molecule has 0 bridgehead atoms. The summed E-state index contributed by atoms with van der Waals surface area (Å²) in [6, 6.07) is 6.03. The summed E-state index contributed by atoms with van der Waals surface area (Å²) < 4.78 is 40.9. The SMILES string of the molecule is Cn1c(=O)n(CCNC(=O)C2CCCN2C(=O)C(F)(F)F)c2ccccc21. The molecule has 3 rings (SSSR count). The molecular formula is C17H19F3N4O3. The van der Waals surface area contributed by atoms with Crippen LogP contribution in [0.2, 0.25) is 0 Å². The lowest BCUT2D eigenvalue weighted by molar-refractivity contribution is -0.186. The lowest BCUT2D eigenvalue weighted by Gasteiger charge is -2.24. The molecule has 0 radical (unpaired) electrons. The minimum absolute atomic E-state index is 0.0668. The number of carbonyl (C=O) groups excluding carboxylic acids is 2. The number of carbonyl (C=O) groups is 2. The van der Waals surface area contributed by atoms with Crippen LogP contribution in [0.4, 0.5) is 13.2 Å². The Morgan fingerprint density at radius 3 is 2.56 bits per heavy atom. The molecule has 1 aromatic carbocycles. The Bertz CT molecular complexity index is 932. The predicted molar refractivity (Wildman–Crippen MR) is 91.0 cm³/mol. The Hall–Kier alpha value is -2.78. The highest BCUT2D eigenvalue weighted by Crippen LogP contribution is 2.25. The molecule has 0 aliphatic carbocycles. The second-order valence-corrected chi connectivity index (χ2v) is 6.43. The highest BCUT2D eigenvalue weighted by molar-refractivity contribution is 5.90. The molecule has 1 aromatic heterocycles. The van der Waals surface area contributed by atoms with E-state index in [0.717, 1.165) is 5.52 Å². The van der Waals surface area contributed by atoms with E-state index in [1.54, 1.807) is 31.3 Å². The minimum Gasteiger partial charge on any atom is -0.353 e. The number of benzene rings is 1. The Kier molecular flexibility index (Phi) is 4.99. The van der Waals surface area contributed by atoms with E-state index in [4.69, 9.17) is 0 Å². The quantitative estimate of drug-likeness (QED) is 0.855. The van der Waals surface area contributed by atoms with Crippen molar-refractivity contribution in [2.75, 3.05) is 13.1 Å². The van der Waals surface area contributed by atoms with Crippen LogP contribution in [-0.2, 0) is 23.2 Å². The first kappa shape index (κ1) is 19.0. The van der Waals surface area contributed by atoms with Gasteiger partial charge in [-0.05, 0) is 25.0 Å². The molecule has 2 heterocycles. The van der Waals surface area contributed by atoms with Gasteiger partial charge in [0, 0.05) is 26.7 Å². The third kappa shape index (κ3) is 3.56. The van der Waals surface area contributed by atoms with Gasteiger partial charge in [-0.3, -0.25) is 18.7 Å². The first-order valence-electron chi connectivity index (χ1n) is 8.51. The van der Waals surface area contributed by atoms with Crippen LogP contribution in [0.3, 0.4) is 0 Å². The first-order chi connectivity index (χ1) is 12.7. The number of amides is 2. The van der Waals surface area contributed by atoms with Gasteiger partial charge in [-0.2, -0.15) is 13.2 Å². The van der Waals surface area contributed by atoms with E-state index in [2.05, 4.69) is 5.32 Å². The molecule has 7 nitrogen and oxygen atoms in total. The van der Waals surface area contributed by atoms with Crippen molar-refractivity contribution in [3.8, 4) is 0 Å². The number of rotatable bonds is 4. The van der Waals surface area contributed by atoms with Crippen molar-refractivity contribution in [3.05, 3.63) is 34.7 Å². The van der Waals surface area contributed by atoms with E-state index in [9.17, 15) is 27.6 Å². The van der Waals surface area contributed by atoms with Crippen LogP contribution in [0.25, 0.3) is 11.0 Å². The van der Waals surface area contributed by atoms with Crippen molar-refractivity contribution in [1.29, 1.82) is 0 Å². The first-order valence-corrected chi connectivity index (χ1v) is 8.51. The zero-order valence-corrected chi connectivity index (χ0v) is 14.6. The summed E-state index contributed by atoms with van der Waals surface area (Å²) in [5.41, 5.74) is 1.20. The van der Waals surface area contributed by atoms with E-state index in [1.165, 1.54) is 9.13 Å². The van der Waals surface area contributed by atoms with Gasteiger partial charge < -0.3 is 10.2 Å². The number of aryl methyl sites for hydroxylation is 1. The second-order valence-electron chi connectivity index (χ2n) is 6.43. The molecule has 1 saturated heterocycles. The standard InChI is InChI=1S/C17H19F3N4O3/c1-22-11-5-2-3-6-12(11)24(16(22)27)10-8-21-14(25)13-7-4-9-23(13)15(26)17(18,19)20/h2-3,5-6,13H,4,7-10H2,1H3,(H,21,25). The van der Waals surface area contributed by atoms with Gasteiger partial charge in [0.15, 0.2) is 0 Å². The molecule has 2 amide bonds. The van der Waals surface area contributed by atoms with Gasteiger partial charge in [-0.25, -0.2) is 4.79 Å². The van der Waals surface area contributed by atoms with Crippen LogP contribution in [0, 0.1) is 0 Å². The molecular weight excluding hydrogens is 365 g/mol. The Morgan fingerprint density at radius 2 is 1.89 bits per heavy atom. The maximum atomic E-state index is 12.6. The van der Waals surface area contributed by atoms with Gasteiger partial charge in [0.1, 0.15) is 6.04 Å². The minimum atomic E-state index is -5.00. The van der Waals surface area contributed by atoms with Gasteiger partial charge in [0.25, 0.3) is 0 Å². The molecule has 27 heavy (non-hydrogen) atoms. The van der Waals surface area contributed by atoms with Crippen molar-refractivity contribution in [1.82, 2.24) is 19.4 Å². The maximum absolute atomic E-state index is 12.6. The van der Waals surface area contributed by atoms with Crippen molar-refractivity contribution in [3.63, 3.8) is 0 Å². The Balaban J connectivity index is 1.66. The van der Waals surface area contributed by atoms with Crippen molar-refractivity contribution >= 4 is 22.8 Å². The smallest absolute Gasteiger partial charge is 0.353 e. The fourth-order valence-electron chi connectivity index (χ4n) is 3.43. The summed E-state index contributed by atoms with van der Waals surface area (Å²) in [6.45, 7) is 0.141. The lowest BCUT2D eigenvalue weighted by Crippen LogP contribution is -2.50. The molecule has 1 atom stereocenters. The molecule has 1 aliphatic rings. The van der Waals surface area contributed by atoms with Crippen LogP contribution in [0.1, 0.15) is 12.8 Å². The van der Waals surface area contributed by atoms with E-state index in [1.807, 2.05) is 0 Å². The average molecular weight is 384 g/mol. The summed E-state index contributed by atoms with van der Waals surface area (Å²) >= 11 is 0. The van der Waals surface area contributed by atoms with Crippen molar-refractivity contribution < 1.29 is 22.8 Å². The van der Waals surface area contributed by atoms with Crippen LogP contribution < -0.4 is 11.0 Å². The summed E-state index contributed by atoms with van der Waals surface area (Å²) in [5, 5.41) is 2.54. The number of fused-ring (bicyclic) bond motifs is 1. The van der Waals surface area contributed by atoms with E-state index < -0.39 is 24.0 Å². The molecule has 1 aliphatic heterocycles. The maximum Gasteiger partial charge on any atom is 0.471 e. The zero-order valence-electron chi connectivity index (χ0n) is 14.6. The van der Waals surface area contributed by atoms with Crippen molar-refractivity contribution in [2.45, 2.75) is 31.6 Å². The second kappa shape index (κ2) is 7.09. The molecule has 1 unspecified atom stereocenters. The molecule has 0 spiro atoms. The average Bonchev–Trinajstić information content (AvgIpc) is 3.20. The molecule has 1 fully saturated rings. The van der Waals surface area contributed by atoms with E-state index in [-0.39, 0.29) is 31.7 Å². The largest absolute Gasteiger partial charge is 0.471 e. The number of likely N-dealkylation sites (tertiary alicyclic amines) is 1. The van der Waals surface area contributed by atoms with Crippen molar-refractivity contribution in [2.24, 2.45) is 7.05 Å². The van der Waals surface area contributed by atoms with Crippen LogP contribution in [0.15, 0.2) is 29.1 Å². The van der Waals surface area contributed by atoms with Crippen LogP contribution >= 0.6 is 0 Å². The van der Waals surface area contributed by atoms with Gasteiger partial charge in [-0.1, -0.05) is 12.1 Å². The number of nitrogens with zero attached hydrogens (tertiary/aromatic N) is 3. The van der Waals surface area contributed by atoms with Gasteiger partial charge in [-0.15, -0.1) is 0 Å². The summed E-state index contributed by atoms with van der Waals surface area (Å²) in [4.78, 5) is 36.6. The predicted octanol–water partition coefficient (Wildman–Crippen LogP) is 1.01. The monoisotopic (exact) mass is 384 g/mol. The number of para-hydroxylation sites is 2. The van der Waals surface area contributed by atoms with Crippen LogP contribution in [0.5, 0.6) is 0 Å². The highest BCUT2D eigenvalue weighted by Gasteiger charge is 2.47. The fraction of sp³-hybridized carbons (Fsp3) is 0.471. The van der Waals surface area contributed by atoms with E-state index >= 15 is 0 Å². The van der Waals surface area contributed by atoms with E-state index in [0.29, 0.717) is 16.8 Å². The molecule has 0 saturated carbocycles. The third-order valence-electron chi connectivity index (χ3n) is 4.75. The van der Waals surface area contributed by atoms with Crippen LogP contribution in [-0.4, -0.2) is 51.2 Å². The lowest BCUT2D eigenvalue weighted by atomic mass is 10.2. The molecule has 10 heteroatoms. The summed E-state index contributed by atoms with van der Waals surface area (Å²) in [5.74, 6) is -2.64. The molecule has 1 N–H and O–H groups in total. The number of hydrogen-bond acceptors (Lipinski definition) is 3. The topological polar surface area (TPSA) is 76.3 Å². The normalized spacial score (nSPS) is 17.5. The summed E-state index contributed by atoms with van der Waals surface area (Å²) in [6.07, 6.45) is -4.48. The fourth-order valence-corrected chi connectivity index (χ4v) is 3.43. The van der Waals surface area contributed by atoms with Gasteiger partial charge in [0.05, 0.1) is 11.0 Å². The Morgan fingerprint density at radius 1 is 1.22 bits per heavy atom. The Labute approximate surface area is 152 Å². The van der Waals surface area contributed by atoms with Gasteiger partial charge in [0.2, 0.25) is 5.91 Å². The molecule has 2 aromatic rings. The number of nitrogens with one attached hydrogen (secondary N) is 1. The third-order valence-corrected chi connectivity index (χ3v) is 4.75. The molecule has 146 valence electrons. The number of alkyl halides is 3. The zero-order chi connectivity index (χ0) is 19.8. The number of imidazole rings is 1. The highest BCUT2D eigenvalue weighted by atomic mass is 19.4. The van der Waals surface area contributed by atoms with Gasteiger partial charge >= 0.3 is 17.8 Å². The summed E-state index contributed by atoms with van der Waals surface area (Å²) in [7, 11) is 1.64. The number of aromatic nitrogens is 2.